The fourth-order valence-electron chi connectivity index (χ4n) is 1.96. The van der Waals surface area contributed by atoms with Gasteiger partial charge in [-0.05, 0) is 32.2 Å². The van der Waals surface area contributed by atoms with Crippen LogP contribution in [-0.2, 0) is 9.84 Å². The van der Waals surface area contributed by atoms with Crippen LogP contribution in [0.4, 0.5) is 0 Å². The van der Waals surface area contributed by atoms with E-state index in [1.807, 2.05) is 0 Å². The molecular formula is C13H29NO2S. The van der Waals surface area contributed by atoms with Gasteiger partial charge in [-0.2, -0.15) is 0 Å². The predicted molar refractivity (Wildman–Crippen MR) is 75.2 cm³/mol. The van der Waals surface area contributed by atoms with Gasteiger partial charge in [0.1, 0.15) is 9.84 Å². The normalized spacial score (nSPS) is 13.8. The number of nitrogens with one attached hydrogen (secondary N) is 1. The molecule has 0 bridgehead atoms. The van der Waals surface area contributed by atoms with E-state index in [0.717, 1.165) is 45.1 Å². The summed E-state index contributed by atoms with van der Waals surface area (Å²) in [6.45, 7) is 7.28. The summed E-state index contributed by atoms with van der Waals surface area (Å²) in [5.74, 6) is 0.734. The molecule has 0 aromatic heterocycles. The summed E-state index contributed by atoms with van der Waals surface area (Å²) in [6, 6.07) is 0.478. The SMILES string of the molecule is CCCCCS(=O)(=O)CCCC(CC)NCC. The highest BCUT2D eigenvalue weighted by Crippen LogP contribution is 2.06. The molecule has 17 heavy (non-hydrogen) atoms. The lowest BCUT2D eigenvalue weighted by molar-refractivity contribution is 0.474. The Labute approximate surface area is 107 Å². The topological polar surface area (TPSA) is 46.2 Å². The Balaban J connectivity index is 3.77. The highest BCUT2D eigenvalue weighted by Gasteiger charge is 2.11. The molecule has 0 aliphatic carbocycles. The first-order valence-electron chi connectivity index (χ1n) is 6.99. The van der Waals surface area contributed by atoms with Crippen LogP contribution < -0.4 is 5.32 Å². The number of hydrogen-bond donors (Lipinski definition) is 1. The quantitative estimate of drug-likeness (QED) is 0.583. The molecule has 0 heterocycles. The van der Waals surface area contributed by atoms with Crippen LogP contribution in [0.3, 0.4) is 0 Å². The average molecular weight is 263 g/mol. The second kappa shape index (κ2) is 9.89. The Kier molecular flexibility index (Phi) is 9.84. The summed E-state index contributed by atoms with van der Waals surface area (Å²) in [6.07, 6.45) is 5.76. The lowest BCUT2D eigenvalue weighted by Crippen LogP contribution is -2.28. The molecule has 104 valence electrons. The van der Waals surface area contributed by atoms with Gasteiger partial charge < -0.3 is 5.32 Å². The summed E-state index contributed by atoms with van der Waals surface area (Å²) in [7, 11) is -2.80. The van der Waals surface area contributed by atoms with E-state index in [4.69, 9.17) is 0 Å². The first kappa shape index (κ1) is 16.9. The lowest BCUT2D eigenvalue weighted by atomic mass is 10.1. The van der Waals surface area contributed by atoms with Gasteiger partial charge in [0, 0.05) is 6.04 Å². The first-order valence-corrected chi connectivity index (χ1v) is 8.81. The van der Waals surface area contributed by atoms with Crippen molar-refractivity contribution in [3.63, 3.8) is 0 Å². The minimum Gasteiger partial charge on any atom is -0.314 e. The molecule has 4 heteroatoms. The molecular weight excluding hydrogens is 234 g/mol. The highest BCUT2D eigenvalue weighted by atomic mass is 32.2. The van der Waals surface area contributed by atoms with E-state index < -0.39 is 9.84 Å². The summed E-state index contributed by atoms with van der Waals surface area (Å²) in [5, 5.41) is 3.38. The Bertz CT molecular complexity index is 263. The van der Waals surface area contributed by atoms with Gasteiger partial charge in [-0.15, -0.1) is 0 Å². The first-order chi connectivity index (χ1) is 8.05. The van der Waals surface area contributed by atoms with E-state index in [9.17, 15) is 8.42 Å². The van der Waals surface area contributed by atoms with Crippen LogP contribution in [-0.4, -0.2) is 32.5 Å². The van der Waals surface area contributed by atoms with E-state index in [-0.39, 0.29) is 0 Å². The van der Waals surface area contributed by atoms with Crippen LogP contribution in [0.15, 0.2) is 0 Å². The van der Waals surface area contributed by atoms with Crippen molar-refractivity contribution in [1.29, 1.82) is 0 Å². The second-order valence-electron chi connectivity index (χ2n) is 4.66. The molecule has 0 aliphatic heterocycles. The third-order valence-electron chi connectivity index (χ3n) is 3.05. The summed E-state index contributed by atoms with van der Waals surface area (Å²) in [5.41, 5.74) is 0. The van der Waals surface area contributed by atoms with E-state index in [2.05, 4.69) is 26.1 Å². The van der Waals surface area contributed by atoms with Crippen molar-refractivity contribution in [2.24, 2.45) is 0 Å². The molecule has 0 aromatic rings. The molecule has 0 aliphatic rings. The van der Waals surface area contributed by atoms with Gasteiger partial charge in [-0.25, -0.2) is 8.42 Å². The molecule has 0 aromatic carbocycles. The minimum atomic E-state index is -2.80. The van der Waals surface area contributed by atoms with Crippen molar-refractivity contribution in [2.75, 3.05) is 18.1 Å². The molecule has 0 saturated carbocycles. The van der Waals surface area contributed by atoms with E-state index >= 15 is 0 Å². The maximum absolute atomic E-state index is 11.7. The van der Waals surface area contributed by atoms with Crippen molar-refractivity contribution in [3.8, 4) is 0 Å². The zero-order chi connectivity index (χ0) is 13.1. The maximum atomic E-state index is 11.7. The van der Waals surface area contributed by atoms with Crippen LogP contribution in [0.5, 0.6) is 0 Å². The lowest BCUT2D eigenvalue weighted by Gasteiger charge is -2.15. The van der Waals surface area contributed by atoms with Crippen molar-refractivity contribution in [3.05, 3.63) is 0 Å². The van der Waals surface area contributed by atoms with Gasteiger partial charge in [0.25, 0.3) is 0 Å². The van der Waals surface area contributed by atoms with Gasteiger partial charge in [0.05, 0.1) is 11.5 Å². The summed E-state index contributed by atoms with van der Waals surface area (Å²) in [4.78, 5) is 0. The molecule has 0 amide bonds. The number of unbranched alkanes of at least 4 members (excludes halogenated alkanes) is 2. The Hall–Kier alpha value is -0.0900. The Morgan fingerprint density at radius 2 is 1.65 bits per heavy atom. The van der Waals surface area contributed by atoms with Crippen molar-refractivity contribution in [2.45, 2.75) is 65.3 Å². The predicted octanol–water partition coefficient (Wildman–Crippen LogP) is 2.76. The van der Waals surface area contributed by atoms with Gasteiger partial charge >= 0.3 is 0 Å². The fourth-order valence-corrected chi connectivity index (χ4v) is 3.42. The van der Waals surface area contributed by atoms with E-state index in [1.165, 1.54) is 0 Å². The smallest absolute Gasteiger partial charge is 0.150 e. The summed E-state index contributed by atoms with van der Waals surface area (Å²) >= 11 is 0. The molecule has 3 nitrogen and oxygen atoms in total. The van der Waals surface area contributed by atoms with Crippen LogP contribution >= 0.6 is 0 Å². The van der Waals surface area contributed by atoms with Gasteiger partial charge in [-0.1, -0.05) is 33.6 Å². The molecule has 0 rings (SSSR count). The number of rotatable bonds is 11. The highest BCUT2D eigenvalue weighted by molar-refractivity contribution is 7.91. The van der Waals surface area contributed by atoms with Gasteiger partial charge in [0.2, 0.25) is 0 Å². The maximum Gasteiger partial charge on any atom is 0.150 e. The molecule has 0 fully saturated rings. The second-order valence-corrected chi connectivity index (χ2v) is 6.97. The Morgan fingerprint density at radius 3 is 2.18 bits per heavy atom. The summed E-state index contributed by atoms with van der Waals surface area (Å²) < 4.78 is 23.4. The molecule has 1 N–H and O–H groups in total. The van der Waals surface area contributed by atoms with Crippen LogP contribution in [0, 0.1) is 0 Å². The zero-order valence-corrected chi connectivity index (χ0v) is 12.5. The van der Waals surface area contributed by atoms with E-state index in [0.29, 0.717) is 17.5 Å². The molecule has 0 radical (unpaired) electrons. The number of hydrogen-bond acceptors (Lipinski definition) is 3. The molecule has 1 atom stereocenters. The average Bonchev–Trinajstić information content (AvgIpc) is 2.28. The largest absolute Gasteiger partial charge is 0.314 e. The van der Waals surface area contributed by atoms with Crippen LogP contribution in [0.1, 0.15) is 59.3 Å². The zero-order valence-electron chi connectivity index (χ0n) is 11.7. The Morgan fingerprint density at radius 1 is 1.00 bits per heavy atom. The molecule has 0 spiro atoms. The van der Waals surface area contributed by atoms with Gasteiger partial charge in [0.15, 0.2) is 0 Å². The van der Waals surface area contributed by atoms with Crippen molar-refractivity contribution >= 4 is 9.84 Å². The fraction of sp³-hybridized carbons (Fsp3) is 1.00. The number of sulfone groups is 1. The van der Waals surface area contributed by atoms with E-state index in [1.54, 1.807) is 0 Å². The molecule has 0 saturated heterocycles. The monoisotopic (exact) mass is 263 g/mol. The van der Waals surface area contributed by atoms with Crippen LogP contribution in [0.2, 0.25) is 0 Å². The molecule has 1 unspecified atom stereocenters. The van der Waals surface area contributed by atoms with Crippen molar-refractivity contribution < 1.29 is 8.42 Å². The van der Waals surface area contributed by atoms with Gasteiger partial charge in [-0.3, -0.25) is 0 Å². The standard InChI is InChI=1S/C13H29NO2S/c1-4-7-8-11-17(15,16)12-9-10-13(5-2)14-6-3/h13-14H,4-12H2,1-3H3. The third kappa shape index (κ3) is 9.60. The third-order valence-corrected chi connectivity index (χ3v) is 4.87. The minimum absolute atomic E-state index is 0.360. The van der Waals surface area contributed by atoms with Crippen LogP contribution in [0.25, 0.3) is 0 Å². The van der Waals surface area contributed by atoms with Crippen molar-refractivity contribution in [1.82, 2.24) is 5.32 Å².